The largest absolute Gasteiger partial charge is 0.353 e. The number of nitrogens with two attached hydrogens (primary N) is 1. The standard InChI is InChI=1S/C17H21N5O2S/c18-17(24)20-13(14-4-3-11-25-14)12-16(23)22-9-7-21(8-10-22)15-5-1-2-6-19-15/h1-6,11,13H,7-10,12H2,(H3,18,20,24). The van der Waals surface area contributed by atoms with Crippen LogP contribution in [0, 0.1) is 0 Å². The van der Waals surface area contributed by atoms with Crippen LogP contribution in [0.3, 0.4) is 0 Å². The Morgan fingerprint density at radius 3 is 2.60 bits per heavy atom. The molecule has 1 unspecified atom stereocenters. The molecule has 3 N–H and O–H groups in total. The Balaban J connectivity index is 1.57. The quantitative estimate of drug-likeness (QED) is 0.848. The highest BCUT2D eigenvalue weighted by molar-refractivity contribution is 7.10. The zero-order valence-corrected chi connectivity index (χ0v) is 14.6. The van der Waals surface area contributed by atoms with Crippen LogP contribution >= 0.6 is 11.3 Å². The van der Waals surface area contributed by atoms with E-state index < -0.39 is 6.03 Å². The molecule has 1 aliphatic heterocycles. The molecule has 0 spiro atoms. The van der Waals surface area contributed by atoms with Gasteiger partial charge in [0.1, 0.15) is 5.82 Å². The van der Waals surface area contributed by atoms with Crippen molar-refractivity contribution in [1.82, 2.24) is 15.2 Å². The second kappa shape index (κ2) is 7.98. The third-order valence-electron chi connectivity index (χ3n) is 4.19. The molecule has 1 atom stereocenters. The van der Waals surface area contributed by atoms with Gasteiger partial charge in [-0.3, -0.25) is 4.79 Å². The predicted molar refractivity (Wildman–Crippen MR) is 97.4 cm³/mol. The SMILES string of the molecule is NC(=O)NC(CC(=O)N1CCN(c2ccccn2)CC1)c1cccs1. The zero-order valence-electron chi connectivity index (χ0n) is 13.8. The van der Waals surface area contributed by atoms with Gasteiger partial charge in [-0.25, -0.2) is 9.78 Å². The second-order valence-electron chi connectivity index (χ2n) is 5.84. The number of rotatable bonds is 5. The average Bonchev–Trinajstić information content (AvgIpc) is 3.16. The number of pyridine rings is 1. The minimum Gasteiger partial charge on any atom is -0.353 e. The highest BCUT2D eigenvalue weighted by Gasteiger charge is 2.25. The first kappa shape index (κ1) is 17.2. The van der Waals surface area contributed by atoms with Crippen molar-refractivity contribution in [2.75, 3.05) is 31.1 Å². The molecule has 0 aliphatic carbocycles. The molecule has 0 aromatic carbocycles. The van der Waals surface area contributed by atoms with E-state index in [9.17, 15) is 9.59 Å². The monoisotopic (exact) mass is 359 g/mol. The molecule has 0 bridgehead atoms. The summed E-state index contributed by atoms with van der Waals surface area (Å²) in [6.07, 6.45) is 1.99. The minimum atomic E-state index is -0.619. The van der Waals surface area contributed by atoms with Crippen molar-refractivity contribution in [3.63, 3.8) is 0 Å². The van der Waals surface area contributed by atoms with Gasteiger partial charge in [-0.15, -0.1) is 11.3 Å². The predicted octanol–water partition coefficient (Wildman–Crippen LogP) is 1.59. The number of nitrogens with zero attached hydrogens (tertiary/aromatic N) is 3. The molecule has 1 aliphatic rings. The highest BCUT2D eigenvalue weighted by atomic mass is 32.1. The van der Waals surface area contributed by atoms with E-state index >= 15 is 0 Å². The normalized spacial score (nSPS) is 15.7. The number of piperazine rings is 1. The van der Waals surface area contributed by atoms with Crippen molar-refractivity contribution in [2.24, 2.45) is 5.73 Å². The molecule has 7 nitrogen and oxygen atoms in total. The van der Waals surface area contributed by atoms with Gasteiger partial charge in [-0.05, 0) is 23.6 Å². The van der Waals surface area contributed by atoms with E-state index in [1.54, 1.807) is 6.20 Å². The summed E-state index contributed by atoms with van der Waals surface area (Å²) in [4.78, 5) is 33.2. The maximum absolute atomic E-state index is 12.6. The molecule has 8 heteroatoms. The molecule has 3 heterocycles. The molecule has 3 rings (SSSR count). The first-order chi connectivity index (χ1) is 12.1. The van der Waals surface area contributed by atoms with Crippen molar-refractivity contribution in [1.29, 1.82) is 0 Å². The second-order valence-corrected chi connectivity index (χ2v) is 6.82. The number of thiophene rings is 1. The van der Waals surface area contributed by atoms with Crippen LogP contribution in [0.5, 0.6) is 0 Å². The van der Waals surface area contributed by atoms with E-state index in [0.29, 0.717) is 13.1 Å². The number of amides is 3. The zero-order chi connectivity index (χ0) is 17.6. The van der Waals surface area contributed by atoms with Crippen LogP contribution in [0.4, 0.5) is 10.6 Å². The number of primary amides is 1. The summed E-state index contributed by atoms with van der Waals surface area (Å²) in [5.41, 5.74) is 5.25. The van der Waals surface area contributed by atoms with Gasteiger partial charge < -0.3 is 20.9 Å². The van der Waals surface area contributed by atoms with Crippen molar-refractivity contribution in [3.8, 4) is 0 Å². The summed E-state index contributed by atoms with van der Waals surface area (Å²) in [7, 11) is 0. The number of hydrogen-bond donors (Lipinski definition) is 2. The van der Waals surface area contributed by atoms with Crippen LogP contribution in [-0.4, -0.2) is 48.0 Å². The molecule has 1 fully saturated rings. The molecule has 2 aromatic heterocycles. The molecule has 2 aromatic rings. The van der Waals surface area contributed by atoms with Gasteiger partial charge in [0.25, 0.3) is 0 Å². The van der Waals surface area contributed by atoms with Crippen molar-refractivity contribution >= 4 is 29.1 Å². The average molecular weight is 359 g/mol. The van der Waals surface area contributed by atoms with Crippen LogP contribution in [0.2, 0.25) is 0 Å². The maximum Gasteiger partial charge on any atom is 0.312 e. The minimum absolute atomic E-state index is 0.0211. The molecule has 0 saturated carbocycles. The van der Waals surface area contributed by atoms with Crippen LogP contribution in [0.15, 0.2) is 41.9 Å². The number of anilines is 1. The third kappa shape index (κ3) is 4.48. The molecular formula is C17H21N5O2S. The third-order valence-corrected chi connectivity index (χ3v) is 5.17. The topological polar surface area (TPSA) is 91.6 Å². The fourth-order valence-electron chi connectivity index (χ4n) is 2.91. The first-order valence-corrected chi connectivity index (χ1v) is 9.04. The summed E-state index contributed by atoms with van der Waals surface area (Å²) in [5, 5.41) is 4.59. The van der Waals surface area contributed by atoms with Gasteiger partial charge in [0.2, 0.25) is 5.91 Å². The summed E-state index contributed by atoms with van der Waals surface area (Å²) in [6, 6.07) is 8.62. The number of carbonyl (C=O) groups is 2. The van der Waals surface area contributed by atoms with E-state index in [2.05, 4.69) is 15.2 Å². The molecule has 0 radical (unpaired) electrons. The Labute approximate surface area is 150 Å². The lowest BCUT2D eigenvalue weighted by atomic mass is 10.1. The van der Waals surface area contributed by atoms with E-state index in [-0.39, 0.29) is 18.4 Å². The highest BCUT2D eigenvalue weighted by Crippen LogP contribution is 2.23. The van der Waals surface area contributed by atoms with Crippen molar-refractivity contribution in [3.05, 3.63) is 46.8 Å². The van der Waals surface area contributed by atoms with E-state index in [4.69, 9.17) is 5.73 Å². The number of hydrogen-bond acceptors (Lipinski definition) is 5. The lowest BCUT2D eigenvalue weighted by Crippen LogP contribution is -2.49. The molecular weight excluding hydrogens is 338 g/mol. The molecule has 3 amide bonds. The van der Waals surface area contributed by atoms with Crippen LogP contribution in [-0.2, 0) is 4.79 Å². The fraction of sp³-hybridized carbons (Fsp3) is 0.353. The maximum atomic E-state index is 12.6. The van der Waals surface area contributed by atoms with Gasteiger partial charge in [0.05, 0.1) is 12.5 Å². The van der Waals surface area contributed by atoms with E-state index in [1.807, 2.05) is 40.6 Å². The number of carbonyl (C=O) groups excluding carboxylic acids is 2. The van der Waals surface area contributed by atoms with E-state index in [0.717, 1.165) is 23.8 Å². The smallest absolute Gasteiger partial charge is 0.312 e. The lowest BCUT2D eigenvalue weighted by Gasteiger charge is -2.36. The van der Waals surface area contributed by atoms with Crippen LogP contribution < -0.4 is 16.0 Å². The molecule has 132 valence electrons. The summed E-state index contributed by atoms with van der Waals surface area (Å²) < 4.78 is 0. The van der Waals surface area contributed by atoms with Gasteiger partial charge in [-0.2, -0.15) is 0 Å². The Hall–Kier alpha value is -2.61. The summed E-state index contributed by atoms with van der Waals surface area (Å²) >= 11 is 1.50. The van der Waals surface area contributed by atoms with Crippen molar-refractivity contribution < 1.29 is 9.59 Å². The Morgan fingerprint density at radius 2 is 2.00 bits per heavy atom. The van der Waals surface area contributed by atoms with Gasteiger partial charge in [-0.1, -0.05) is 12.1 Å². The summed E-state index contributed by atoms with van der Waals surface area (Å²) in [6.45, 7) is 2.78. The first-order valence-electron chi connectivity index (χ1n) is 8.16. The Kier molecular flexibility index (Phi) is 5.49. The number of aromatic nitrogens is 1. The fourth-order valence-corrected chi connectivity index (χ4v) is 3.69. The molecule has 25 heavy (non-hydrogen) atoms. The number of urea groups is 1. The Bertz CT molecular complexity index is 699. The summed E-state index contributed by atoms with van der Waals surface area (Å²) in [5.74, 6) is 0.953. The number of nitrogens with one attached hydrogen (secondary N) is 1. The molecule has 1 saturated heterocycles. The van der Waals surface area contributed by atoms with Gasteiger partial charge >= 0.3 is 6.03 Å². The van der Waals surface area contributed by atoms with E-state index in [1.165, 1.54) is 11.3 Å². The van der Waals surface area contributed by atoms with Crippen molar-refractivity contribution in [2.45, 2.75) is 12.5 Å². The van der Waals surface area contributed by atoms with Crippen LogP contribution in [0.25, 0.3) is 0 Å². The van der Waals surface area contributed by atoms with Crippen LogP contribution in [0.1, 0.15) is 17.3 Å². The Morgan fingerprint density at radius 1 is 1.20 bits per heavy atom. The van der Waals surface area contributed by atoms with Gasteiger partial charge in [0, 0.05) is 37.3 Å². The van der Waals surface area contributed by atoms with Gasteiger partial charge in [0.15, 0.2) is 0 Å². The lowest BCUT2D eigenvalue weighted by molar-refractivity contribution is -0.132.